The van der Waals surface area contributed by atoms with Crippen LogP contribution < -0.4 is 5.48 Å². The SMILES string of the molecule is CC1CCCC(ONC(Cl)(Cl)Cl)O1. The van der Waals surface area contributed by atoms with E-state index in [1.165, 1.54) is 0 Å². The number of hydrogen-bond acceptors (Lipinski definition) is 3. The van der Waals surface area contributed by atoms with Gasteiger partial charge in [-0.25, -0.2) is 0 Å². The van der Waals surface area contributed by atoms with Crippen molar-refractivity contribution in [2.75, 3.05) is 0 Å². The molecule has 0 spiro atoms. The zero-order valence-electron chi connectivity index (χ0n) is 7.23. The molecule has 1 heterocycles. The summed E-state index contributed by atoms with van der Waals surface area (Å²) in [5.74, 6) is 0. The Morgan fingerprint density at radius 2 is 2.08 bits per heavy atom. The van der Waals surface area contributed by atoms with Gasteiger partial charge in [0.2, 0.25) is 0 Å². The Morgan fingerprint density at radius 3 is 2.62 bits per heavy atom. The molecule has 0 aromatic carbocycles. The van der Waals surface area contributed by atoms with Crippen molar-refractivity contribution in [3.05, 3.63) is 0 Å². The molecule has 1 aliphatic rings. The summed E-state index contributed by atoms with van der Waals surface area (Å²) in [6.45, 7) is 1.99. The molecule has 0 aromatic heterocycles. The standard InChI is InChI=1S/C7H12Cl3NO2/c1-5-3-2-4-6(12-5)13-11-7(8,9)10/h5-6,11H,2-4H2,1H3. The third-order valence-corrected chi connectivity index (χ3v) is 1.97. The van der Waals surface area contributed by atoms with E-state index >= 15 is 0 Å². The predicted molar refractivity (Wildman–Crippen MR) is 52.7 cm³/mol. The van der Waals surface area contributed by atoms with Crippen LogP contribution in [0.2, 0.25) is 0 Å². The lowest BCUT2D eigenvalue weighted by Crippen LogP contribution is -2.37. The van der Waals surface area contributed by atoms with Crippen molar-refractivity contribution in [1.29, 1.82) is 0 Å². The van der Waals surface area contributed by atoms with Crippen molar-refractivity contribution in [2.24, 2.45) is 0 Å². The molecule has 1 N–H and O–H groups in total. The first kappa shape index (κ1) is 11.8. The second-order valence-corrected chi connectivity index (χ2v) is 5.31. The van der Waals surface area contributed by atoms with E-state index in [4.69, 9.17) is 44.4 Å². The van der Waals surface area contributed by atoms with Gasteiger partial charge < -0.3 is 4.74 Å². The smallest absolute Gasteiger partial charge is 0.266 e. The van der Waals surface area contributed by atoms with Gasteiger partial charge in [0.15, 0.2) is 6.29 Å². The minimum absolute atomic E-state index is 0.205. The molecule has 1 fully saturated rings. The van der Waals surface area contributed by atoms with Gasteiger partial charge >= 0.3 is 0 Å². The van der Waals surface area contributed by atoms with E-state index < -0.39 is 3.92 Å². The van der Waals surface area contributed by atoms with E-state index in [1.54, 1.807) is 0 Å². The average Bonchev–Trinajstić information content (AvgIpc) is 2.00. The van der Waals surface area contributed by atoms with Gasteiger partial charge in [-0.15, -0.1) is 0 Å². The van der Waals surface area contributed by atoms with Crippen LogP contribution >= 0.6 is 34.8 Å². The highest BCUT2D eigenvalue weighted by molar-refractivity contribution is 6.67. The van der Waals surface area contributed by atoms with Crippen molar-refractivity contribution >= 4 is 34.8 Å². The predicted octanol–water partition coefficient (Wildman–Crippen LogP) is 2.75. The normalized spacial score (nSPS) is 30.5. The number of hydroxylamine groups is 1. The van der Waals surface area contributed by atoms with Crippen LogP contribution in [0.5, 0.6) is 0 Å². The first-order valence-electron chi connectivity index (χ1n) is 4.12. The van der Waals surface area contributed by atoms with Gasteiger partial charge in [0.25, 0.3) is 3.92 Å². The second-order valence-electron chi connectivity index (χ2n) is 3.02. The molecule has 0 aromatic rings. The van der Waals surface area contributed by atoms with Crippen molar-refractivity contribution < 1.29 is 9.57 Å². The van der Waals surface area contributed by atoms with Gasteiger partial charge in [-0.2, -0.15) is 5.48 Å². The third kappa shape index (κ3) is 5.25. The minimum Gasteiger partial charge on any atom is -0.348 e. The fourth-order valence-corrected chi connectivity index (χ4v) is 1.32. The highest BCUT2D eigenvalue weighted by Crippen LogP contribution is 2.24. The van der Waals surface area contributed by atoms with Crippen molar-refractivity contribution in [2.45, 2.75) is 42.5 Å². The number of hydrogen-bond donors (Lipinski definition) is 1. The molecule has 78 valence electrons. The summed E-state index contributed by atoms with van der Waals surface area (Å²) in [6, 6.07) is 0. The molecule has 2 unspecified atom stereocenters. The van der Waals surface area contributed by atoms with Crippen LogP contribution in [-0.4, -0.2) is 16.3 Å². The van der Waals surface area contributed by atoms with Gasteiger partial charge in [-0.1, -0.05) is 34.8 Å². The topological polar surface area (TPSA) is 30.5 Å². The van der Waals surface area contributed by atoms with E-state index in [2.05, 4.69) is 5.48 Å². The zero-order chi connectivity index (χ0) is 9.90. The number of nitrogens with one attached hydrogen (secondary N) is 1. The molecular weight excluding hydrogens is 236 g/mol. The molecule has 0 radical (unpaired) electrons. The number of halogens is 3. The summed E-state index contributed by atoms with van der Waals surface area (Å²) in [6.07, 6.45) is 2.81. The molecule has 0 saturated carbocycles. The minimum atomic E-state index is -1.59. The van der Waals surface area contributed by atoms with Gasteiger partial charge in [-0.05, 0) is 19.8 Å². The summed E-state index contributed by atoms with van der Waals surface area (Å²) < 4.78 is 3.83. The third-order valence-electron chi connectivity index (χ3n) is 1.74. The van der Waals surface area contributed by atoms with E-state index in [1.807, 2.05) is 6.92 Å². The fraction of sp³-hybridized carbons (Fsp3) is 1.00. The highest BCUT2D eigenvalue weighted by Gasteiger charge is 2.25. The second kappa shape index (κ2) is 5.01. The molecular formula is C7H12Cl3NO2. The van der Waals surface area contributed by atoms with Crippen LogP contribution in [0.25, 0.3) is 0 Å². The van der Waals surface area contributed by atoms with Crippen molar-refractivity contribution in [3.63, 3.8) is 0 Å². The Bertz CT molecular complexity index is 162. The molecule has 0 bridgehead atoms. The van der Waals surface area contributed by atoms with E-state index in [0.29, 0.717) is 0 Å². The molecule has 2 atom stereocenters. The van der Waals surface area contributed by atoms with Gasteiger partial charge in [0.1, 0.15) is 0 Å². The Hall–Kier alpha value is 0.750. The molecule has 0 aliphatic carbocycles. The Kier molecular flexibility index (Phi) is 4.55. The van der Waals surface area contributed by atoms with E-state index in [0.717, 1.165) is 19.3 Å². The summed E-state index contributed by atoms with van der Waals surface area (Å²) in [4.78, 5) is 5.05. The highest BCUT2D eigenvalue weighted by atomic mass is 35.6. The van der Waals surface area contributed by atoms with Crippen LogP contribution in [-0.2, 0) is 9.57 Å². The monoisotopic (exact) mass is 247 g/mol. The number of ether oxygens (including phenoxy) is 1. The maximum Gasteiger partial charge on any atom is 0.266 e. The maximum absolute atomic E-state index is 5.43. The molecule has 1 aliphatic heterocycles. The lowest BCUT2D eigenvalue weighted by molar-refractivity contribution is -0.219. The molecule has 1 rings (SSSR count). The van der Waals surface area contributed by atoms with Crippen LogP contribution in [0.15, 0.2) is 0 Å². The van der Waals surface area contributed by atoms with Crippen LogP contribution in [0, 0.1) is 0 Å². The summed E-state index contributed by atoms with van der Waals surface area (Å²) in [5, 5.41) is 0. The number of alkyl halides is 3. The molecule has 3 nitrogen and oxygen atoms in total. The van der Waals surface area contributed by atoms with E-state index in [-0.39, 0.29) is 12.4 Å². The fourth-order valence-electron chi connectivity index (χ4n) is 1.19. The first-order chi connectivity index (χ1) is 5.97. The van der Waals surface area contributed by atoms with Crippen LogP contribution in [0.1, 0.15) is 26.2 Å². The first-order valence-corrected chi connectivity index (χ1v) is 5.26. The summed E-state index contributed by atoms with van der Waals surface area (Å²) in [5.41, 5.74) is 2.28. The Morgan fingerprint density at radius 1 is 1.38 bits per heavy atom. The molecule has 6 heteroatoms. The largest absolute Gasteiger partial charge is 0.348 e. The quantitative estimate of drug-likeness (QED) is 0.463. The number of rotatable bonds is 2. The summed E-state index contributed by atoms with van der Waals surface area (Å²) in [7, 11) is 0. The Balaban J connectivity index is 2.21. The van der Waals surface area contributed by atoms with Crippen molar-refractivity contribution in [3.8, 4) is 0 Å². The van der Waals surface area contributed by atoms with Gasteiger partial charge in [-0.3, -0.25) is 4.84 Å². The average molecular weight is 249 g/mol. The van der Waals surface area contributed by atoms with Crippen LogP contribution in [0.4, 0.5) is 0 Å². The van der Waals surface area contributed by atoms with Gasteiger partial charge in [0.05, 0.1) is 6.10 Å². The zero-order valence-corrected chi connectivity index (χ0v) is 9.49. The lowest BCUT2D eigenvalue weighted by atomic mass is 10.1. The van der Waals surface area contributed by atoms with Crippen LogP contribution in [0.3, 0.4) is 0 Å². The molecule has 0 amide bonds. The summed E-state index contributed by atoms with van der Waals surface area (Å²) >= 11 is 16.3. The van der Waals surface area contributed by atoms with Crippen molar-refractivity contribution in [1.82, 2.24) is 5.48 Å². The lowest BCUT2D eigenvalue weighted by Gasteiger charge is -2.28. The molecule has 1 saturated heterocycles. The van der Waals surface area contributed by atoms with E-state index in [9.17, 15) is 0 Å². The molecule has 13 heavy (non-hydrogen) atoms. The van der Waals surface area contributed by atoms with Gasteiger partial charge in [0, 0.05) is 6.42 Å². The Labute approximate surface area is 92.6 Å². The maximum atomic E-state index is 5.43.